The minimum Gasteiger partial charge on any atom is -0.489 e. The van der Waals surface area contributed by atoms with E-state index in [0.717, 1.165) is 10.0 Å². The summed E-state index contributed by atoms with van der Waals surface area (Å²) in [6.07, 6.45) is -0.163. The van der Waals surface area contributed by atoms with Gasteiger partial charge in [-0.15, -0.1) is 0 Å². The number of rotatable bonds is 6. The number of benzene rings is 2. The van der Waals surface area contributed by atoms with Crippen LogP contribution in [0.4, 0.5) is 0 Å². The Labute approximate surface area is 137 Å². The van der Waals surface area contributed by atoms with Crippen LogP contribution in [-0.2, 0) is 6.42 Å². The Morgan fingerprint density at radius 1 is 1.19 bits per heavy atom. The Bertz CT molecular complexity index is 580. The molecule has 2 aromatic carbocycles. The molecule has 0 spiro atoms. The van der Waals surface area contributed by atoms with Crippen LogP contribution >= 0.6 is 27.5 Å². The maximum Gasteiger partial charge on any atom is 0.138 e. The van der Waals surface area contributed by atoms with Crippen molar-refractivity contribution in [2.45, 2.75) is 18.6 Å². The van der Waals surface area contributed by atoms with E-state index < -0.39 is 6.10 Å². The SMILES string of the molecule is NC(Cc1ccccc1)C(O)COc1ccc(Br)cc1Cl. The number of aliphatic hydroxyl groups excluding tert-OH is 1. The maximum absolute atomic E-state index is 10.1. The second-order valence-corrected chi connectivity index (χ2v) is 6.13. The van der Waals surface area contributed by atoms with Crippen molar-refractivity contribution in [2.75, 3.05) is 6.61 Å². The van der Waals surface area contributed by atoms with Gasteiger partial charge in [0, 0.05) is 10.5 Å². The van der Waals surface area contributed by atoms with E-state index >= 15 is 0 Å². The average Bonchev–Trinajstić information content (AvgIpc) is 2.47. The molecule has 0 bridgehead atoms. The molecule has 0 amide bonds. The molecule has 0 radical (unpaired) electrons. The van der Waals surface area contributed by atoms with Crippen LogP contribution in [0.2, 0.25) is 5.02 Å². The zero-order valence-electron chi connectivity index (χ0n) is 11.4. The zero-order chi connectivity index (χ0) is 15.2. The van der Waals surface area contributed by atoms with E-state index in [0.29, 0.717) is 17.2 Å². The Morgan fingerprint density at radius 3 is 2.57 bits per heavy atom. The molecule has 112 valence electrons. The molecule has 0 aliphatic rings. The Balaban J connectivity index is 1.87. The van der Waals surface area contributed by atoms with Crippen LogP contribution in [0.1, 0.15) is 5.56 Å². The van der Waals surface area contributed by atoms with Crippen molar-refractivity contribution in [1.82, 2.24) is 0 Å². The summed E-state index contributed by atoms with van der Waals surface area (Å²) in [6.45, 7) is 0.107. The first-order valence-electron chi connectivity index (χ1n) is 6.61. The number of hydrogen-bond acceptors (Lipinski definition) is 3. The molecule has 0 aliphatic carbocycles. The van der Waals surface area contributed by atoms with E-state index in [9.17, 15) is 5.11 Å². The lowest BCUT2D eigenvalue weighted by Gasteiger charge is -2.19. The predicted octanol–water partition coefficient (Wildman–Crippen LogP) is 3.41. The zero-order valence-corrected chi connectivity index (χ0v) is 13.7. The molecule has 3 nitrogen and oxygen atoms in total. The molecule has 21 heavy (non-hydrogen) atoms. The first-order chi connectivity index (χ1) is 10.1. The fourth-order valence-electron chi connectivity index (χ4n) is 1.91. The number of ether oxygens (including phenoxy) is 1. The summed E-state index contributed by atoms with van der Waals surface area (Å²) in [7, 11) is 0. The second kappa shape index (κ2) is 7.80. The van der Waals surface area contributed by atoms with Crippen LogP contribution in [0.5, 0.6) is 5.75 Å². The van der Waals surface area contributed by atoms with Crippen molar-refractivity contribution in [3.8, 4) is 5.75 Å². The third-order valence-corrected chi connectivity index (χ3v) is 3.90. The molecule has 0 aliphatic heterocycles. The van der Waals surface area contributed by atoms with Gasteiger partial charge in [-0.2, -0.15) is 0 Å². The van der Waals surface area contributed by atoms with Gasteiger partial charge < -0.3 is 15.6 Å². The largest absolute Gasteiger partial charge is 0.489 e. The van der Waals surface area contributed by atoms with Crippen molar-refractivity contribution in [2.24, 2.45) is 5.73 Å². The molecule has 0 fully saturated rings. The highest BCUT2D eigenvalue weighted by atomic mass is 79.9. The van der Waals surface area contributed by atoms with Crippen LogP contribution < -0.4 is 10.5 Å². The van der Waals surface area contributed by atoms with Gasteiger partial charge in [0.1, 0.15) is 18.5 Å². The monoisotopic (exact) mass is 369 g/mol. The molecule has 2 aromatic rings. The highest BCUT2D eigenvalue weighted by Crippen LogP contribution is 2.27. The summed E-state index contributed by atoms with van der Waals surface area (Å²) in [5, 5.41) is 10.6. The number of aliphatic hydroxyl groups is 1. The van der Waals surface area contributed by atoms with Crippen LogP contribution in [0, 0.1) is 0 Å². The van der Waals surface area contributed by atoms with Gasteiger partial charge in [0.2, 0.25) is 0 Å². The minimum atomic E-state index is -0.759. The first kappa shape index (κ1) is 16.3. The van der Waals surface area contributed by atoms with Gasteiger partial charge in [-0.3, -0.25) is 0 Å². The van der Waals surface area contributed by atoms with E-state index in [-0.39, 0.29) is 12.6 Å². The summed E-state index contributed by atoms with van der Waals surface area (Å²) >= 11 is 9.38. The van der Waals surface area contributed by atoms with Crippen molar-refractivity contribution in [1.29, 1.82) is 0 Å². The third kappa shape index (κ3) is 5.00. The molecule has 0 aromatic heterocycles. The Morgan fingerprint density at radius 2 is 1.90 bits per heavy atom. The summed E-state index contributed by atoms with van der Waals surface area (Å²) in [6, 6.07) is 14.8. The van der Waals surface area contributed by atoms with Gasteiger partial charge in [-0.25, -0.2) is 0 Å². The lowest BCUT2D eigenvalue weighted by molar-refractivity contribution is 0.0852. The fourth-order valence-corrected chi connectivity index (χ4v) is 2.64. The summed E-state index contributed by atoms with van der Waals surface area (Å²) in [5.41, 5.74) is 7.09. The number of nitrogens with two attached hydrogens (primary N) is 1. The third-order valence-electron chi connectivity index (χ3n) is 3.11. The lowest BCUT2D eigenvalue weighted by atomic mass is 10.0. The van der Waals surface area contributed by atoms with Gasteiger partial charge in [0.05, 0.1) is 5.02 Å². The molecule has 2 rings (SSSR count). The lowest BCUT2D eigenvalue weighted by Crippen LogP contribution is -2.40. The topological polar surface area (TPSA) is 55.5 Å². The van der Waals surface area contributed by atoms with Crippen LogP contribution in [0.3, 0.4) is 0 Å². The van der Waals surface area contributed by atoms with E-state index in [4.69, 9.17) is 22.1 Å². The van der Waals surface area contributed by atoms with E-state index in [1.807, 2.05) is 36.4 Å². The molecule has 5 heteroatoms. The van der Waals surface area contributed by atoms with Crippen LogP contribution in [0.25, 0.3) is 0 Å². The standard InChI is InChI=1S/C16H17BrClNO2/c17-12-6-7-16(13(18)9-12)21-10-15(20)14(19)8-11-4-2-1-3-5-11/h1-7,9,14-15,20H,8,10,19H2. The van der Waals surface area contributed by atoms with Crippen LogP contribution in [0.15, 0.2) is 53.0 Å². The molecule has 0 saturated heterocycles. The highest BCUT2D eigenvalue weighted by molar-refractivity contribution is 9.10. The number of hydrogen-bond donors (Lipinski definition) is 2. The predicted molar refractivity (Wildman–Crippen MR) is 88.8 cm³/mol. The molecule has 0 saturated carbocycles. The fraction of sp³-hybridized carbons (Fsp3) is 0.250. The van der Waals surface area contributed by atoms with Crippen molar-refractivity contribution < 1.29 is 9.84 Å². The average molecular weight is 371 g/mol. The van der Waals surface area contributed by atoms with E-state index in [2.05, 4.69) is 15.9 Å². The summed E-state index contributed by atoms with van der Waals surface area (Å²) in [4.78, 5) is 0. The second-order valence-electron chi connectivity index (χ2n) is 4.81. The van der Waals surface area contributed by atoms with E-state index in [1.54, 1.807) is 12.1 Å². The van der Waals surface area contributed by atoms with Gasteiger partial charge in [-0.1, -0.05) is 57.9 Å². The molecule has 3 N–H and O–H groups in total. The van der Waals surface area contributed by atoms with E-state index in [1.165, 1.54) is 0 Å². The smallest absolute Gasteiger partial charge is 0.138 e. The van der Waals surface area contributed by atoms with Gasteiger partial charge in [0.15, 0.2) is 0 Å². The van der Waals surface area contributed by atoms with Crippen molar-refractivity contribution in [3.63, 3.8) is 0 Å². The Hall–Kier alpha value is -1.07. The molecule has 0 heterocycles. The minimum absolute atomic E-state index is 0.107. The van der Waals surface area contributed by atoms with Gasteiger partial charge in [0.25, 0.3) is 0 Å². The van der Waals surface area contributed by atoms with Crippen LogP contribution in [-0.4, -0.2) is 23.9 Å². The van der Waals surface area contributed by atoms with Crippen molar-refractivity contribution >= 4 is 27.5 Å². The first-order valence-corrected chi connectivity index (χ1v) is 7.79. The normalized spacial score (nSPS) is 13.7. The quantitative estimate of drug-likeness (QED) is 0.819. The summed E-state index contributed by atoms with van der Waals surface area (Å²) in [5.74, 6) is 0.533. The molecule has 2 unspecified atom stereocenters. The Kier molecular flexibility index (Phi) is 6.06. The molecular weight excluding hydrogens is 354 g/mol. The van der Waals surface area contributed by atoms with Crippen molar-refractivity contribution in [3.05, 3.63) is 63.6 Å². The maximum atomic E-state index is 10.1. The van der Waals surface area contributed by atoms with Gasteiger partial charge in [-0.05, 0) is 30.2 Å². The number of halogens is 2. The summed E-state index contributed by atoms with van der Waals surface area (Å²) < 4.78 is 6.41. The molecular formula is C16H17BrClNO2. The highest BCUT2D eigenvalue weighted by Gasteiger charge is 2.16. The van der Waals surface area contributed by atoms with Gasteiger partial charge >= 0.3 is 0 Å². The molecule has 2 atom stereocenters.